The van der Waals surface area contributed by atoms with Gasteiger partial charge in [0.05, 0.1) is 13.2 Å². The Balaban J connectivity index is 4.02. The van der Waals surface area contributed by atoms with E-state index in [1.807, 2.05) is 0 Å². The first-order valence-electron chi connectivity index (χ1n) is 19.9. The molecule has 0 heterocycles. The van der Waals surface area contributed by atoms with E-state index in [1.54, 1.807) is 0 Å². The molecular weight excluding hydrogens is 632 g/mol. The van der Waals surface area contributed by atoms with Crippen molar-refractivity contribution in [2.45, 2.75) is 187 Å². The second-order valence-electron chi connectivity index (χ2n) is 13.4. The minimum Gasteiger partial charge on any atom is -0.480 e. The molecule has 0 spiro atoms. The van der Waals surface area contributed by atoms with Gasteiger partial charge in [0.1, 0.15) is 12.1 Å². The lowest BCUT2D eigenvalue weighted by Gasteiger charge is -2.18. The number of allylic oxidation sites excluding steroid dienone is 6. The zero-order chi connectivity index (χ0) is 36.9. The number of carbonyl (C=O) groups is 4. The largest absolute Gasteiger partial charge is 0.480 e. The lowest BCUT2D eigenvalue weighted by Crippen LogP contribution is -2.47. The summed E-state index contributed by atoms with van der Waals surface area (Å²) in [7, 11) is 0. The van der Waals surface area contributed by atoms with Crippen LogP contribution in [0.1, 0.15) is 174 Å². The molecule has 0 aromatic rings. The Morgan fingerprint density at radius 1 is 0.600 bits per heavy atom. The van der Waals surface area contributed by atoms with Crippen LogP contribution >= 0.6 is 0 Å². The molecule has 0 fully saturated rings. The first kappa shape index (κ1) is 47.1. The summed E-state index contributed by atoms with van der Waals surface area (Å²) >= 11 is 0. The van der Waals surface area contributed by atoms with Crippen molar-refractivity contribution in [2.24, 2.45) is 0 Å². The normalized spacial score (nSPS) is 12.9. The third-order valence-corrected chi connectivity index (χ3v) is 8.64. The average Bonchev–Trinajstić information content (AvgIpc) is 3.10. The van der Waals surface area contributed by atoms with Gasteiger partial charge in [0, 0.05) is 12.8 Å². The van der Waals surface area contributed by atoms with E-state index in [2.05, 4.69) is 60.9 Å². The van der Waals surface area contributed by atoms with E-state index in [1.165, 1.54) is 57.8 Å². The van der Waals surface area contributed by atoms with E-state index >= 15 is 0 Å². The van der Waals surface area contributed by atoms with Gasteiger partial charge >= 0.3 is 11.9 Å². The Kier molecular flexibility index (Phi) is 33.8. The van der Waals surface area contributed by atoms with Crippen molar-refractivity contribution in [1.82, 2.24) is 10.6 Å². The van der Waals surface area contributed by atoms with Gasteiger partial charge in [-0.05, 0) is 77.0 Å². The van der Waals surface area contributed by atoms with Crippen molar-refractivity contribution in [1.29, 1.82) is 0 Å². The summed E-state index contributed by atoms with van der Waals surface area (Å²) in [6, 6.07) is -1.39. The number of nitrogens with one attached hydrogen (secondary N) is 2. The summed E-state index contributed by atoms with van der Waals surface area (Å²) in [4.78, 5) is 47.2. The molecule has 0 aliphatic carbocycles. The molecule has 0 radical (unpaired) electrons. The van der Waals surface area contributed by atoms with E-state index in [0.29, 0.717) is 12.8 Å². The molecular formula is C41H72N2O7. The highest BCUT2D eigenvalue weighted by Gasteiger charge is 2.19. The van der Waals surface area contributed by atoms with Crippen LogP contribution in [0, 0.1) is 0 Å². The summed E-state index contributed by atoms with van der Waals surface area (Å²) in [6.45, 7) is 3.37. The predicted octanol–water partition coefficient (Wildman–Crippen LogP) is 9.04. The van der Waals surface area contributed by atoms with Crippen molar-refractivity contribution < 1.29 is 34.1 Å². The van der Waals surface area contributed by atoms with Gasteiger partial charge in [-0.15, -0.1) is 0 Å². The highest BCUT2D eigenvalue weighted by molar-refractivity contribution is 5.87. The lowest BCUT2D eigenvalue weighted by atomic mass is 10.0. The van der Waals surface area contributed by atoms with Crippen LogP contribution in [-0.2, 0) is 23.9 Å². The molecule has 2 unspecified atom stereocenters. The molecule has 9 heteroatoms. The number of esters is 1. The second kappa shape index (κ2) is 35.9. The van der Waals surface area contributed by atoms with Crippen LogP contribution in [0.2, 0.25) is 0 Å². The van der Waals surface area contributed by atoms with E-state index in [9.17, 15) is 19.2 Å². The maximum absolute atomic E-state index is 12.6. The highest BCUT2D eigenvalue weighted by Crippen LogP contribution is 2.18. The molecule has 0 aliphatic rings. The molecule has 4 N–H and O–H groups in total. The molecule has 0 rings (SSSR count). The SMILES string of the molecule is CCCCC/C=C\C/C=C\C/C=C\CCCCCCCCC(=O)OC(CCCCCC)CCCCCCC(=O)NCC(=O)NC(CO)C(=O)O. The molecule has 0 aliphatic heterocycles. The first-order chi connectivity index (χ1) is 24.3. The fourth-order valence-electron chi connectivity index (χ4n) is 5.54. The molecule has 288 valence electrons. The van der Waals surface area contributed by atoms with Gasteiger partial charge < -0.3 is 25.6 Å². The number of aliphatic hydroxyl groups excluding tert-OH is 1. The predicted molar refractivity (Wildman–Crippen MR) is 204 cm³/mol. The fraction of sp³-hybridized carbons (Fsp3) is 0.756. The van der Waals surface area contributed by atoms with Crippen molar-refractivity contribution in [2.75, 3.05) is 13.2 Å². The Morgan fingerprint density at radius 3 is 1.66 bits per heavy atom. The number of aliphatic hydroxyl groups is 1. The van der Waals surface area contributed by atoms with Crippen LogP contribution in [0.25, 0.3) is 0 Å². The molecule has 0 saturated carbocycles. The summed E-state index contributed by atoms with van der Waals surface area (Å²) in [5, 5.41) is 22.5. The molecule has 2 atom stereocenters. The second-order valence-corrected chi connectivity index (χ2v) is 13.4. The van der Waals surface area contributed by atoms with Crippen LogP contribution in [-0.4, -0.2) is 59.3 Å². The Labute approximate surface area is 304 Å². The molecule has 50 heavy (non-hydrogen) atoms. The van der Waals surface area contributed by atoms with Crippen LogP contribution in [0.4, 0.5) is 0 Å². The van der Waals surface area contributed by atoms with E-state index in [4.69, 9.17) is 14.9 Å². The van der Waals surface area contributed by atoms with Crippen LogP contribution in [0.3, 0.4) is 0 Å². The number of hydrogen-bond donors (Lipinski definition) is 4. The zero-order valence-corrected chi connectivity index (χ0v) is 31.6. The molecule has 0 bridgehead atoms. The van der Waals surface area contributed by atoms with Gasteiger partial charge in [0.2, 0.25) is 11.8 Å². The number of aliphatic carboxylic acids is 1. The topological polar surface area (TPSA) is 142 Å². The molecule has 9 nitrogen and oxygen atoms in total. The van der Waals surface area contributed by atoms with Gasteiger partial charge in [0.25, 0.3) is 0 Å². The molecule has 0 saturated heterocycles. The molecule has 0 aromatic carbocycles. The van der Waals surface area contributed by atoms with E-state index in [-0.39, 0.29) is 30.9 Å². The number of amides is 2. The standard InChI is InChI=1S/C41H72N2O7/c1-3-5-7-9-10-11-12-13-14-15-16-17-18-19-20-21-22-23-29-33-40(47)50-36(30-26-8-6-4-2)31-27-24-25-28-32-38(45)42-34-39(46)43-37(35-44)41(48)49/h10-11,13-14,16-17,36-37,44H,3-9,12,15,18-35H2,1-2H3,(H,42,45)(H,43,46)(H,48,49)/b11-10-,14-13-,17-16-. The lowest BCUT2D eigenvalue weighted by molar-refractivity contribution is -0.150. The third kappa shape index (κ3) is 32.3. The fourth-order valence-corrected chi connectivity index (χ4v) is 5.54. The zero-order valence-electron chi connectivity index (χ0n) is 31.6. The van der Waals surface area contributed by atoms with Crippen molar-refractivity contribution in [3.8, 4) is 0 Å². The highest BCUT2D eigenvalue weighted by atomic mass is 16.5. The summed E-state index contributed by atoms with van der Waals surface area (Å²) < 4.78 is 5.91. The van der Waals surface area contributed by atoms with E-state index in [0.717, 1.165) is 83.5 Å². The monoisotopic (exact) mass is 705 g/mol. The number of carbonyl (C=O) groups excluding carboxylic acids is 3. The van der Waals surface area contributed by atoms with Crippen LogP contribution in [0.5, 0.6) is 0 Å². The van der Waals surface area contributed by atoms with Gasteiger partial charge in [-0.3, -0.25) is 14.4 Å². The van der Waals surface area contributed by atoms with Crippen molar-refractivity contribution in [3.63, 3.8) is 0 Å². The third-order valence-electron chi connectivity index (χ3n) is 8.64. The Morgan fingerprint density at radius 2 is 1.08 bits per heavy atom. The quantitative estimate of drug-likeness (QED) is 0.0293. The summed E-state index contributed by atoms with van der Waals surface area (Å²) in [5.74, 6) is -2.36. The number of ether oxygens (including phenoxy) is 1. The van der Waals surface area contributed by atoms with Crippen LogP contribution in [0.15, 0.2) is 36.5 Å². The summed E-state index contributed by atoms with van der Waals surface area (Å²) in [6.07, 6.45) is 39.1. The van der Waals surface area contributed by atoms with Gasteiger partial charge in [0.15, 0.2) is 0 Å². The molecule has 0 aromatic heterocycles. The Bertz CT molecular complexity index is 947. The number of rotatable bonds is 35. The van der Waals surface area contributed by atoms with Crippen molar-refractivity contribution in [3.05, 3.63) is 36.5 Å². The average molecular weight is 705 g/mol. The van der Waals surface area contributed by atoms with Gasteiger partial charge in [-0.1, -0.05) is 121 Å². The first-order valence-corrected chi connectivity index (χ1v) is 19.9. The Hall–Kier alpha value is -2.94. The van der Waals surface area contributed by atoms with Crippen LogP contribution < -0.4 is 10.6 Å². The smallest absolute Gasteiger partial charge is 0.328 e. The maximum atomic E-state index is 12.6. The number of hydrogen-bond acceptors (Lipinski definition) is 6. The minimum atomic E-state index is -1.39. The molecule has 2 amide bonds. The maximum Gasteiger partial charge on any atom is 0.328 e. The number of carboxylic acid groups (broad SMARTS) is 1. The number of carboxylic acids is 1. The van der Waals surface area contributed by atoms with Crippen molar-refractivity contribution >= 4 is 23.8 Å². The van der Waals surface area contributed by atoms with E-state index < -0.39 is 24.5 Å². The minimum absolute atomic E-state index is 0.0459. The summed E-state index contributed by atoms with van der Waals surface area (Å²) in [5.41, 5.74) is 0. The van der Waals surface area contributed by atoms with Gasteiger partial charge in [-0.25, -0.2) is 4.79 Å². The van der Waals surface area contributed by atoms with Gasteiger partial charge in [-0.2, -0.15) is 0 Å². The number of unbranched alkanes of at least 4 members (excludes halogenated alkanes) is 15.